The van der Waals surface area contributed by atoms with Crippen molar-refractivity contribution in [3.05, 3.63) is 42.9 Å². The minimum atomic E-state index is 0.683. The highest BCUT2D eigenvalue weighted by molar-refractivity contribution is 5.98. The fraction of sp³-hybridized carbons (Fsp3) is 0.0769. The van der Waals surface area contributed by atoms with E-state index < -0.39 is 0 Å². The van der Waals surface area contributed by atoms with Gasteiger partial charge in [-0.1, -0.05) is 18.2 Å². The number of aromatic amines is 1. The molecule has 2 aromatic heterocycles. The van der Waals surface area contributed by atoms with Crippen LogP contribution in [0, 0.1) is 6.20 Å². The summed E-state index contributed by atoms with van der Waals surface area (Å²) in [4.78, 5) is 11.5. The summed E-state index contributed by atoms with van der Waals surface area (Å²) in [6, 6.07) is 7.70. The Kier molecular flexibility index (Phi) is 2.26. The van der Waals surface area contributed by atoms with Crippen LogP contribution in [0.2, 0.25) is 0 Å². The van der Waals surface area contributed by atoms with E-state index in [2.05, 4.69) is 21.1 Å². The third-order valence-electron chi connectivity index (χ3n) is 2.61. The van der Waals surface area contributed by atoms with Crippen LogP contribution in [-0.2, 0) is 0 Å². The van der Waals surface area contributed by atoms with Gasteiger partial charge >= 0.3 is 0 Å². The van der Waals surface area contributed by atoms with Crippen LogP contribution in [0.3, 0.4) is 0 Å². The second-order valence-corrected chi connectivity index (χ2v) is 3.58. The predicted octanol–water partition coefficient (Wildman–Crippen LogP) is 2.43. The lowest BCUT2D eigenvalue weighted by Crippen LogP contribution is -1.89. The largest absolute Gasteiger partial charge is 0.482 e. The molecule has 1 N–H and O–H groups in total. The van der Waals surface area contributed by atoms with Gasteiger partial charge in [-0.05, 0) is 6.07 Å². The number of rotatable bonds is 2. The smallest absolute Gasteiger partial charge is 0.199 e. The maximum Gasteiger partial charge on any atom is 0.199 e. The van der Waals surface area contributed by atoms with Crippen molar-refractivity contribution in [3.63, 3.8) is 0 Å². The summed E-state index contributed by atoms with van der Waals surface area (Å²) >= 11 is 0. The summed E-state index contributed by atoms with van der Waals surface area (Å²) in [7, 11) is 1.63. The fourth-order valence-electron chi connectivity index (χ4n) is 1.87. The van der Waals surface area contributed by atoms with E-state index >= 15 is 0 Å². The van der Waals surface area contributed by atoms with Crippen molar-refractivity contribution in [1.29, 1.82) is 0 Å². The van der Waals surface area contributed by atoms with Crippen LogP contribution in [0.1, 0.15) is 0 Å². The second kappa shape index (κ2) is 3.90. The molecule has 1 radical (unpaired) electrons. The predicted molar refractivity (Wildman–Crippen MR) is 64.7 cm³/mol. The Hall–Kier alpha value is -2.36. The molecule has 0 saturated carbocycles. The highest BCUT2D eigenvalue weighted by Crippen LogP contribution is 2.32. The quantitative estimate of drug-likeness (QED) is 0.727. The van der Waals surface area contributed by atoms with Gasteiger partial charge in [-0.15, -0.1) is 0 Å². The van der Waals surface area contributed by atoms with E-state index in [0.29, 0.717) is 11.7 Å². The van der Waals surface area contributed by atoms with E-state index in [1.54, 1.807) is 25.6 Å². The molecular formula is C13H10N3O. The molecule has 0 amide bonds. The first-order valence-electron chi connectivity index (χ1n) is 5.24. The van der Waals surface area contributed by atoms with Crippen molar-refractivity contribution in [3.8, 4) is 17.3 Å². The Labute approximate surface area is 98.3 Å². The number of hydrogen-bond donors (Lipinski definition) is 1. The summed E-state index contributed by atoms with van der Waals surface area (Å²) < 4.78 is 5.29. The topological polar surface area (TPSA) is 50.8 Å². The number of benzene rings is 1. The van der Waals surface area contributed by atoms with Gasteiger partial charge < -0.3 is 9.72 Å². The number of aromatic nitrogens is 3. The van der Waals surface area contributed by atoms with Crippen LogP contribution in [0.15, 0.2) is 36.7 Å². The Bertz CT molecular complexity index is 646. The molecule has 2 heterocycles. The molecule has 1 aromatic carbocycles. The molecule has 4 heteroatoms. The van der Waals surface area contributed by atoms with Gasteiger partial charge in [-0.3, -0.25) is 0 Å². The summed E-state index contributed by atoms with van der Waals surface area (Å²) in [6.07, 6.45) is 6.50. The molecule has 83 valence electrons. The average Bonchev–Trinajstić information content (AvgIpc) is 2.82. The maximum atomic E-state index is 5.29. The van der Waals surface area contributed by atoms with E-state index in [1.165, 1.54) is 0 Å². The van der Waals surface area contributed by atoms with Gasteiger partial charge in [-0.2, -0.15) is 0 Å². The first-order chi connectivity index (χ1) is 8.40. The van der Waals surface area contributed by atoms with Crippen molar-refractivity contribution in [2.75, 3.05) is 7.11 Å². The highest BCUT2D eigenvalue weighted by Gasteiger charge is 2.12. The van der Waals surface area contributed by atoms with Gasteiger partial charge in [0, 0.05) is 23.3 Å². The van der Waals surface area contributed by atoms with Crippen molar-refractivity contribution in [2.24, 2.45) is 0 Å². The van der Waals surface area contributed by atoms with Gasteiger partial charge in [0.2, 0.25) is 0 Å². The lowest BCUT2D eigenvalue weighted by atomic mass is 10.1. The van der Waals surface area contributed by atoms with E-state index in [1.807, 2.05) is 18.2 Å². The molecule has 0 aliphatic rings. The van der Waals surface area contributed by atoms with Crippen LogP contribution in [-0.4, -0.2) is 22.1 Å². The van der Waals surface area contributed by atoms with E-state index in [-0.39, 0.29) is 0 Å². The zero-order valence-corrected chi connectivity index (χ0v) is 9.27. The Morgan fingerprint density at radius 2 is 2.00 bits per heavy atom. The third kappa shape index (κ3) is 1.54. The first-order valence-corrected chi connectivity index (χ1v) is 5.24. The summed E-state index contributed by atoms with van der Waals surface area (Å²) in [5, 5.41) is 1.92. The SMILES string of the molecule is COc1[nH][c]c2cccc(-c3ncccn3)c12. The standard InChI is InChI=1S/C13H10N3O/c1-17-13-11-9(8-16-13)4-2-5-10(11)12-14-6-3-7-15-12/h2-7,16H,1H3. The molecule has 0 saturated heterocycles. The van der Waals surface area contributed by atoms with Crippen molar-refractivity contribution >= 4 is 10.8 Å². The molecular weight excluding hydrogens is 214 g/mol. The second-order valence-electron chi connectivity index (χ2n) is 3.58. The molecule has 0 spiro atoms. The molecule has 4 nitrogen and oxygen atoms in total. The monoisotopic (exact) mass is 224 g/mol. The number of nitrogens with zero attached hydrogens (tertiary/aromatic N) is 2. The fourth-order valence-corrected chi connectivity index (χ4v) is 1.87. The molecule has 0 aliphatic heterocycles. The zero-order chi connectivity index (χ0) is 11.7. The number of H-pyrrole nitrogens is 1. The molecule has 0 fully saturated rings. The number of fused-ring (bicyclic) bond motifs is 1. The van der Waals surface area contributed by atoms with E-state index in [9.17, 15) is 0 Å². The van der Waals surface area contributed by atoms with Crippen molar-refractivity contribution in [2.45, 2.75) is 0 Å². The van der Waals surface area contributed by atoms with Crippen LogP contribution >= 0.6 is 0 Å². The summed E-state index contributed by atoms with van der Waals surface area (Å²) in [5.74, 6) is 1.37. The molecule has 3 rings (SSSR count). The maximum absolute atomic E-state index is 5.29. The lowest BCUT2D eigenvalue weighted by Gasteiger charge is -2.03. The minimum Gasteiger partial charge on any atom is -0.482 e. The summed E-state index contributed by atoms with van der Waals surface area (Å²) in [6.45, 7) is 0. The molecule has 17 heavy (non-hydrogen) atoms. The van der Waals surface area contributed by atoms with E-state index in [0.717, 1.165) is 16.3 Å². The normalized spacial score (nSPS) is 10.6. The molecule has 0 unspecified atom stereocenters. The number of methoxy groups -OCH3 is 1. The van der Waals surface area contributed by atoms with Crippen molar-refractivity contribution in [1.82, 2.24) is 15.0 Å². The van der Waals surface area contributed by atoms with Gasteiger partial charge in [-0.25, -0.2) is 9.97 Å². The lowest BCUT2D eigenvalue weighted by molar-refractivity contribution is 0.405. The number of ether oxygens (including phenoxy) is 1. The van der Waals surface area contributed by atoms with Gasteiger partial charge in [0.25, 0.3) is 0 Å². The summed E-state index contributed by atoms with van der Waals surface area (Å²) in [5.41, 5.74) is 0.942. The van der Waals surface area contributed by atoms with E-state index in [4.69, 9.17) is 4.74 Å². The van der Waals surface area contributed by atoms with Crippen LogP contribution in [0.4, 0.5) is 0 Å². The zero-order valence-electron chi connectivity index (χ0n) is 9.27. The average molecular weight is 224 g/mol. The van der Waals surface area contributed by atoms with Crippen LogP contribution in [0.5, 0.6) is 5.88 Å². The molecule has 0 atom stereocenters. The Balaban J connectivity index is 2.33. The van der Waals surface area contributed by atoms with Gasteiger partial charge in [0.1, 0.15) is 0 Å². The Morgan fingerprint density at radius 3 is 2.76 bits per heavy atom. The third-order valence-corrected chi connectivity index (χ3v) is 2.61. The van der Waals surface area contributed by atoms with Crippen LogP contribution < -0.4 is 4.74 Å². The molecule has 0 aliphatic carbocycles. The minimum absolute atomic E-state index is 0.683. The highest BCUT2D eigenvalue weighted by atomic mass is 16.5. The van der Waals surface area contributed by atoms with Crippen molar-refractivity contribution < 1.29 is 4.74 Å². The van der Waals surface area contributed by atoms with Gasteiger partial charge in [0.15, 0.2) is 11.7 Å². The number of nitrogens with one attached hydrogen (secondary N) is 1. The number of hydrogen-bond acceptors (Lipinski definition) is 3. The van der Waals surface area contributed by atoms with Gasteiger partial charge in [0.05, 0.1) is 18.7 Å². The first kappa shape index (κ1) is 9.84. The molecule has 0 bridgehead atoms. The molecule has 3 aromatic rings. The van der Waals surface area contributed by atoms with Crippen LogP contribution in [0.25, 0.3) is 22.2 Å². The Morgan fingerprint density at radius 1 is 1.18 bits per heavy atom.